The van der Waals surface area contributed by atoms with E-state index in [-0.39, 0.29) is 12.0 Å². The van der Waals surface area contributed by atoms with Gasteiger partial charge in [-0.1, -0.05) is 38.1 Å². The molecule has 0 radical (unpaired) electrons. The molecule has 1 amide bonds. The van der Waals surface area contributed by atoms with Crippen LogP contribution in [-0.2, 0) is 9.53 Å². The fourth-order valence-electron chi connectivity index (χ4n) is 2.68. The lowest BCUT2D eigenvalue weighted by Crippen LogP contribution is -2.42. The first-order valence-electron chi connectivity index (χ1n) is 9.09. The molecule has 0 saturated heterocycles. The van der Waals surface area contributed by atoms with Gasteiger partial charge in [0.2, 0.25) is 0 Å². The van der Waals surface area contributed by atoms with E-state index in [1.165, 1.54) is 0 Å². The highest BCUT2D eigenvalue weighted by Gasteiger charge is 2.32. The van der Waals surface area contributed by atoms with Crippen LogP contribution >= 0.6 is 0 Å². The van der Waals surface area contributed by atoms with E-state index in [4.69, 9.17) is 9.47 Å². The zero-order valence-electron chi connectivity index (χ0n) is 15.9. The van der Waals surface area contributed by atoms with Crippen LogP contribution in [0.25, 0.3) is 10.8 Å². The van der Waals surface area contributed by atoms with Gasteiger partial charge in [0.1, 0.15) is 11.4 Å². The van der Waals surface area contributed by atoms with Crippen molar-refractivity contribution in [3.63, 3.8) is 0 Å². The lowest BCUT2D eigenvalue weighted by atomic mass is 10.0. The van der Waals surface area contributed by atoms with Crippen LogP contribution in [0.5, 0.6) is 5.75 Å². The monoisotopic (exact) mass is 343 g/mol. The van der Waals surface area contributed by atoms with Gasteiger partial charge in [-0.15, -0.1) is 0 Å². The van der Waals surface area contributed by atoms with Crippen molar-refractivity contribution in [3.8, 4) is 5.75 Å². The van der Waals surface area contributed by atoms with Crippen LogP contribution in [0.2, 0.25) is 0 Å². The summed E-state index contributed by atoms with van der Waals surface area (Å²) in [6, 6.07) is 11.8. The maximum Gasteiger partial charge on any atom is 0.256 e. The molecule has 25 heavy (non-hydrogen) atoms. The molecule has 0 bridgehead atoms. The summed E-state index contributed by atoms with van der Waals surface area (Å²) in [6.07, 6.45) is 1.70. The average Bonchev–Trinajstić information content (AvgIpc) is 2.63. The van der Waals surface area contributed by atoms with Gasteiger partial charge in [0.15, 0.2) is 0 Å². The quantitative estimate of drug-likeness (QED) is 0.720. The Morgan fingerprint density at radius 3 is 2.40 bits per heavy atom. The smallest absolute Gasteiger partial charge is 0.256 e. The Labute approximate surface area is 150 Å². The number of hydrogen-bond acceptors (Lipinski definition) is 3. The lowest BCUT2D eigenvalue weighted by molar-refractivity contribution is -0.139. The van der Waals surface area contributed by atoms with E-state index in [2.05, 4.69) is 19.2 Å². The zero-order valence-corrected chi connectivity index (χ0v) is 15.9. The lowest BCUT2D eigenvalue weighted by Gasteiger charge is -2.27. The molecule has 2 aromatic carbocycles. The zero-order chi connectivity index (χ0) is 18.4. The minimum absolute atomic E-state index is 0.127. The van der Waals surface area contributed by atoms with Crippen molar-refractivity contribution in [1.29, 1.82) is 0 Å². The molecule has 4 heteroatoms. The normalized spacial score (nSPS) is 14.8. The van der Waals surface area contributed by atoms with E-state index in [1.807, 2.05) is 57.2 Å². The summed E-state index contributed by atoms with van der Waals surface area (Å²) in [5, 5.41) is 5.00. The first-order valence-corrected chi connectivity index (χ1v) is 9.09. The van der Waals surface area contributed by atoms with Crippen molar-refractivity contribution in [2.45, 2.75) is 59.2 Å². The second-order valence-corrected chi connectivity index (χ2v) is 6.47. The van der Waals surface area contributed by atoms with Gasteiger partial charge in [0.25, 0.3) is 5.91 Å². The molecular weight excluding hydrogens is 314 g/mol. The molecule has 0 aliphatic heterocycles. The van der Waals surface area contributed by atoms with Gasteiger partial charge < -0.3 is 14.8 Å². The van der Waals surface area contributed by atoms with Crippen molar-refractivity contribution >= 4 is 22.4 Å². The van der Waals surface area contributed by atoms with E-state index in [0.717, 1.165) is 28.6 Å². The second-order valence-electron chi connectivity index (χ2n) is 6.47. The Bertz CT molecular complexity index is 728. The topological polar surface area (TPSA) is 47.6 Å². The Balaban J connectivity index is 2.37. The first-order chi connectivity index (χ1) is 11.9. The molecule has 4 nitrogen and oxygen atoms in total. The number of fused-ring (bicyclic) bond motifs is 1. The predicted molar refractivity (Wildman–Crippen MR) is 103 cm³/mol. The summed E-state index contributed by atoms with van der Waals surface area (Å²) in [5.74, 6) is 0.712. The van der Waals surface area contributed by atoms with E-state index in [9.17, 15) is 4.79 Å². The van der Waals surface area contributed by atoms with Crippen LogP contribution in [0.15, 0.2) is 36.4 Å². The summed E-state index contributed by atoms with van der Waals surface area (Å²) < 4.78 is 11.7. The van der Waals surface area contributed by atoms with Gasteiger partial charge >= 0.3 is 0 Å². The number of carbonyl (C=O) groups is 1. The third-order valence-electron chi connectivity index (χ3n) is 4.65. The molecule has 2 aromatic rings. The Kier molecular flexibility index (Phi) is 6.43. The van der Waals surface area contributed by atoms with Gasteiger partial charge in [-0.2, -0.15) is 0 Å². The summed E-state index contributed by atoms with van der Waals surface area (Å²) >= 11 is 0. The van der Waals surface area contributed by atoms with Crippen molar-refractivity contribution in [3.05, 3.63) is 36.4 Å². The van der Waals surface area contributed by atoms with Crippen LogP contribution in [0.1, 0.15) is 47.5 Å². The van der Waals surface area contributed by atoms with Crippen LogP contribution < -0.4 is 10.1 Å². The molecule has 0 aliphatic carbocycles. The van der Waals surface area contributed by atoms with Gasteiger partial charge in [-0.25, -0.2) is 0 Å². The van der Waals surface area contributed by atoms with Crippen molar-refractivity contribution < 1.29 is 14.3 Å². The number of anilines is 1. The molecular formula is C21H29NO3. The van der Waals surface area contributed by atoms with Gasteiger partial charge in [0, 0.05) is 23.1 Å². The number of nitrogens with one attached hydrogen (secondary N) is 1. The number of benzene rings is 2. The minimum atomic E-state index is -0.832. The standard InChI is InChI=1S/C21H29NO3/c1-6-15(4)25-19-14-13-18(16-11-9-10-12-17(16)19)22-20(23)21(5,7-2)24-8-3/h9-15H,6-8H2,1-5H3,(H,22,23)/t15-,21-/m0/s1. The Morgan fingerprint density at radius 2 is 1.80 bits per heavy atom. The number of rotatable bonds is 8. The fourth-order valence-corrected chi connectivity index (χ4v) is 2.68. The Morgan fingerprint density at radius 1 is 1.12 bits per heavy atom. The molecule has 2 atom stereocenters. The molecule has 2 rings (SSSR count). The third-order valence-corrected chi connectivity index (χ3v) is 4.65. The molecule has 0 heterocycles. The molecule has 0 fully saturated rings. The highest BCUT2D eigenvalue weighted by Crippen LogP contribution is 2.33. The molecule has 0 spiro atoms. The minimum Gasteiger partial charge on any atom is -0.490 e. The largest absolute Gasteiger partial charge is 0.490 e. The highest BCUT2D eigenvalue weighted by atomic mass is 16.5. The van der Waals surface area contributed by atoms with E-state index in [0.29, 0.717) is 13.0 Å². The second kappa shape index (κ2) is 8.34. The van der Waals surface area contributed by atoms with Crippen LogP contribution in [0.3, 0.4) is 0 Å². The van der Waals surface area contributed by atoms with Gasteiger partial charge in [0.05, 0.1) is 6.10 Å². The van der Waals surface area contributed by atoms with Crippen molar-refractivity contribution in [2.75, 3.05) is 11.9 Å². The molecule has 1 N–H and O–H groups in total. The molecule has 0 saturated carbocycles. The fraction of sp³-hybridized carbons (Fsp3) is 0.476. The number of carbonyl (C=O) groups excluding carboxylic acids is 1. The summed E-state index contributed by atoms with van der Waals surface area (Å²) in [5.41, 5.74) is -0.0571. The SMILES string of the molecule is CCO[C@@](C)(CC)C(=O)Nc1ccc(O[C@@H](C)CC)c2ccccc12. The van der Waals surface area contributed by atoms with Gasteiger partial charge in [-0.3, -0.25) is 4.79 Å². The molecule has 0 aromatic heterocycles. The van der Waals surface area contributed by atoms with E-state index in [1.54, 1.807) is 0 Å². The summed E-state index contributed by atoms with van der Waals surface area (Å²) in [6.45, 7) is 10.3. The summed E-state index contributed by atoms with van der Waals surface area (Å²) in [7, 11) is 0. The maximum absolute atomic E-state index is 12.7. The number of amides is 1. The van der Waals surface area contributed by atoms with Crippen LogP contribution in [-0.4, -0.2) is 24.2 Å². The predicted octanol–water partition coefficient (Wildman–Crippen LogP) is 5.16. The highest BCUT2D eigenvalue weighted by molar-refractivity contribution is 6.06. The maximum atomic E-state index is 12.7. The van der Waals surface area contributed by atoms with Crippen LogP contribution in [0.4, 0.5) is 5.69 Å². The van der Waals surface area contributed by atoms with Crippen molar-refractivity contribution in [1.82, 2.24) is 0 Å². The van der Waals surface area contributed by atoms with Crippen LogP contribution in [0, 0.1) is 0 Å². The number of ether oxygens (including phenoxy) is 2. The number of hydrogen-bond donors (Lipinski definition) is 1. The molecule has 0 aliphatic rings. The van der Waals surface area contributed by atoms with Gasteiger partial charge in [-0.05, 0) is 45.7 Å². The summed E-state index contributed by atoms with van der Waals surface area (Å²) in [4.78, 5) is 12.7. The molecule has 136 valence electrons. The Hall–Kier alpha value is -2.07. The first kappa shape index (κ1) is 19.3. The van der Waals surface area contributed by atoms with Crippen molar-refractivity contribution in [2.24, 2.45) is 0 Å². The average molecular weight is 343 g/mol. The van der Waals surface area contributed by atoms with E-state index >= 15 is 0 Å². The molecule has 0 unspecified atom stereocenters. The van der Waals surface area contributed by atoms with E-state index < -0.39 is 5.60 Å². The third kappa shape index (κ3) is 4.31.